The topological polar surface area (TPSA) is 49.4 Å². The Hall–Kier alpha value is -2.23. The van der Waals surface area contributed by atoms with Gasteiger partial charge in [-0.2, -0.15) is 5.10 Å². The van der Waals surface area contributed by atoms with Crippen molar-refractivity contribution in [3.8, 4) is 0 Å². The number of H-pyrrole nitrogens is 2. The Balaban J connectivity index is 1.70. The van der Waals surface area contributed by atoms with E-state index in [2.05, 4.69) is 50.3 Å². The molecular formula is C15H17N4. The summed E-state index contributed by atoms with van der Waals surface area (Å²) in [4.78, 5) is 3.27. The lowest BCUT2D eigenvalue weighted by atomic mass is 9.97. The van der Waals surface area contributed by atoms with Crippen LogP contribution in [-0.4, -0.2) is 19.7 Å². The van der Waals surface area contributed by atoms with Gasteiger partial charge >= 0.3 is 0 Å². The molecule has 1 radical (unpaired) electrons. The van der Waals surface area contributed by atoms with Gasteiger partial charge in [-0.05, 0) is 43.2 Å². The Kier molecular flexibility index (Phi) is 3.49. The van der Waals surface area contributed by atoms with Crippen LogP contribution in [0.3, 0.4) is 0 Å². The average molecular weight is 253 g/mol. The van der Waals surface area contributed by atoms with Gasteiger partial charge in [0.25, 0.3) is 0 Å². The summed E-state index contributed by atoms with van der Waals surface area (Å²) in [7, 11) is 0. The molecule has 2 N–H and O–H groups in total. The van der Waals surface area contributed by atoms with Gasteiger partial charge in [0.1, 0.15) is 0 Å². The lowest BCUT2D eigenvalue weighted by Gasteiger charge is -2.15. The minimum absolute atomic E-state index is 0.903. The molecule has 0 aliphatic carbocycles. The van der Waals surface area contributed by atoms with Crippen LogP contribution in [0.1, 0.15) is 11.4 Å². The van der Waals surface area contributed by atoms with E-state index in [0.717, 1.165) is 25.1 Å². The van der Waals surface area contributed by atoms with Crippen LogP contribution in [0.4, 0.5) is 0 Å². The van der Waals surface area contributed by atoms with E-state index < -0.39 is 0 Å². The third-order valence-electron chi connectivity index (χ3n) is 3.16. The normalized spacial score (nSPS) is 11.2. The van der Waals surface area contributed by atoms with Crippen molar-refractivity contribution in [2.24, 2.45) is 0 Å². The molecule has 0 bridgehead atoms. The molecule has 0 saturated carbocycles. The van der Waals surface area contributed by atoms with Gasteiger partial charge < -0.3 is 9.55 Å². The second kappa shape index (κ2) is 5.61. The van der Waals surface area contributed by atoms with Gasteiger partial charge in [-0.25, -0.2) is 0 Å². The summed E-state index contributed by atoms with van der Waals surface area (Å²) < 4.78 is 2.20. The lowest BCUT2D eigenvalue weighted by Crippen LogP contribution is -2.13. The second-order valence-corrected chi connectivity index (χ2v) is 4.72. The van der Waals surface area contributed by atoms with Crippen molar-refractivity contribution in [2.45, 2.75) is 19.4 Å². The third-order valence-corrected chi connectivity index (χ3v) is 3.16. The minimum atomic E-state index is 0.903. The second-order valence-electron chi connectivity index (χ2n) is 4.72. The lowest BCUT2D eigenvalue weighted by molar-refractivity contribution is 0.642. The van der Waals surface area contributed by atoms with Gasteiger partial charge in [-0.1, -0.05) is 0 Å². The largest absolute Gasteiger partial charge is 0.365 e. The Morgan fingerprint density at radius 1 is 1.05 bits per heavy atom. The molecule has 3 rings (SSSR count). The molecule has 0 saturated heterocycles. The number of aromatic nitrogens is 4. The van der Waals surface area contributed by atoms with Gasteiger partial charge in [0.15, 0.2) is 0 Å². The van der Waals surface area contributed by atoms with Gasteiger partial charge in [-0.15, -0.1) is 0 Å². The van der Waals surface area contributed by atoms with Crippen molar-refractivity contribution in [3.63, 3.8) is 0 Å². The third kappa shape index (κ3) is 3.16. The molecule has 0 amide bonds. The number of nitrogens with zero attached hydrogens (tertiary/aromatic N) is 2. The van der Waals surface area contributed by atoms with Gasteiger partial charge in [0.2, 0.25) is 0 Å². The fourth-order valence-electron chi connectivity index (χ4n) is 2.30. The quantitative estimate of drug-likeness (QED) is 0.697. The molecule has 0 spiro atoms. The number of hydrogen-bond acceptors (Lipinski definition) is 1. The van der Waals surface area contributed by atoms with Crippen molar-refractivity contribution in [2.75, 3.05) is 0 Å². The summed E-state index contributed by atoms with van der Waals surface area (Å²) in [5, 5.41) is 7.12. The SMILES string of the molecule is c1c[nH]c(C[C](Cc2cc[nH]n2)Cn2cccc2)c1. The summed E-state index contributed by atoms with van der Waals surface area (Å²) in [6.45, 7) is 0.929. The maximum Gasteiger partial charge on any atom is 0.0628 e. The molecule has 0 aromatic carbocycles. The van der Waals surface area contributed by atoms with Crippen LogP contribution in [-0.2, 0) is 19.4 Å². The molecule has 4 heteroatoms. The molecule has 3 aromatic heterocycles. The Morgan fingerprint density at radius 3 is 2.63 bits per heavy atom. The van der Waals surface area contributed by atoms with Crippen LogP contribution in [0.25, 0.3) is 0 Å². The van der Waals surface area contributed by atoms with E-state index in [0.29, 0.717) is 0 Å². The molecule has 3 heterocycles. The molecule has 3 aromatic rings. The Morgan fingerprint density at radius 2 is 1.95 bits per heavy atom. The summed E-state index contributed by atoms with van der Waals surface area (Å²) in [5.41, 5.74) is 2.34. The summed E-state index contributed by atoms with van der Waals surface area (Å²) in [6.07, 6.45) is 9.89. The number of aromatic amines is 2. The molecular weight excluding hydrogens is 236 g/mol. The zero-order valence-electron chi connectivity index (χ0n) is 10.7. The van der Waals surface area contributed by atoms with E-state index >= 15 is 0 Å². The zero-order chi connectivity index (χ0) is 12.9. The first-order valence-electron chi connectivity index (χ1n) is 6.45. The number of rotatable bonds is 6. The van der Waals surface area contributed by atoms with E-state index in [1.807, 2.05) is 24.5 Å². The Bertz CT molecular complexity index is 478. The summed E-state index contributed by atoms with van der Waals surface area (Å²) >= 11 is 0. The molecule has 0 unspecified atom stereocenters. The van der Waals surface area contributed by atoms with Crippen LogP contribution in [0.15, 0.2) is 55.1 Å². The first-order valence-corrected chi connectivity index (χ1v) is 6.45. The van der Waals surface area contributed by atoms with E-state index in [1.165, 1.54) is 11.6 Å². The molecule has 0 aliphatic rings. The fourth-order valence-corrected chi connectivity index (χ4v) is 2.30. The molecule has 4 nitrogen and oxygen atoms in total. The predicted octanol–water partition coefficient (Wildman–Crippen LogP) is 2.60. The molecule has 0 fully saturated rings. The van der Waals surface area contributed by atoms with E-state index in [-0.39, 0.29) is 0 Å². The van der Waals surface area contributed by atoms with Crippen LogP contribution < -0.4 is 0 Å². The van der Waals surface area contributed by atoms with Crippen LogP contribution in [0, 0.1) is 5.92 Å². The van der Waals surface area contributed by atoms with Crippen molar-refractivity contribution in [1.82, 2.24) is 19.7 Å². The smallest absolute Gasteiger partial charge is 0.0628 e. The maximum absolute atomic E-state index is 4.25. The molecule has 19 heavy (non-hydrogen) atoms. The highest BCUT2D eigenvalue weighted by molar-refractivity contribution is 5.15. The van der Waals surface area contributed by atoms with Gasteiger partial charge in [0.05, 0.1) is 5.69 Å². The standard InChI is InChI=1S/C15H17N4/c1-2-9-19(8-1)12-13(10-14-4-3-6-16-14)11-15-5-7-17-18-15/h1-9,16H,10-12H2,(H,17,18). The van der Waals surface area contributed by atoms with Gasteiger partial charge in [0, 0.05) is 42.9 Å². The first-order chi connectivity index (χ1) is 9.40. The van der Waals surface area contributed by atoms with Crippen LogP contribution >= 0.6 is 0 Å². The van der Waals surface area contributed by atoms with Gasteiger partial charge in [-0.3, -0.25) is 5.10 Å². The fraction of sp³-hybridized carbons (Fsp3) is 0.200. The van der Waals surface area contributed by atoms with Crippen molar-refractivity contribution >= 4 is 0 Å². The highest BCUT2D eigenvalue weighted by atomic mass is 15.1. The summed E-state index contributed by atoms with van der Waals surface area (Å²) in [5.74, 6) is 1.44. The Labute approximate surface area is 112 Å². The van der Waals surface area contributed by atoms with Crippen LogP contribution in [0.2, 0.25) is 0 Å². The van der Waals surface area contributed by atoms with Crippen molar-refractivity contribution in [3.05, 3.63) is 72.4 Å². The molecule has 97 valence electrons. The summed E-state index contributed by atoms with van der Waals surface area (Å²) in [6, 6.07) is 10.3. The molecule has 0 aliphatic heterocycles. The number of hydrogen-bond donors (Lipinski definition) is 2. The molecule has 0 atom stereocenters. The first kappa shape index (κ1) is 11.8. The highest BCUT2D eigenvalue weighted by Gasteiger charge is 2.13. The van der Waals surface area contributed by atoms with Crippen molar-refractivity contribution in [1.29, 1.82) is 0 Å². The predicted molar refractivity (Wildman–Crippen MR) is 74.5 cm³/mol. The monoisotopic (exact) mass is 253 g/mol. The zero-order valence-corrected chi connectivity index (χ0v) is 10.7. The van der Waals surface area contributed by atoms with Crippen molar-refractivity contribution < 1.29 is 0 Å². The van der Waals surface area contributed by atoms with Crippen LogP contribution in [0.5, 0.6) is 0 Å². The maximum atomic E-state index is 4.25. The number of nitrogens with one attached hydrogen (secondary N) is 2. The van der Waals surface area contributed by atoms with E-state index in [9.17, 15) is 0 Å². The highest BCUT2D eigenvalue weighted by Crippen LogP contribution is 2.17. The average Bonchev–Trinajstić information content (AvgIpc) is 3.10. The van der Waals surface area contributed by atoms with E-state index in [4.69, 9.17) is 0 Å². The van der Waals surface area contributed by atoms with E-state index in [1.54, 1.807) is 0 Å². The minimum Gasteiger partial charge on any atom is -0.365 e.